The smallest absolute Gasteiger partial charge is 0.266 e. The molecule has 1 amide bonds. The van der Waals surface area contributed by atoms with Gasteiger partial charge in [0.1, 0.15) is 23.2 Å². The summed E-state index contributed by atoms with van der Waals surface area (Å²) in [7, 11) is -3.70. The van der Waals surface area contributed by atoms with Crippen LogP contribution in [-0.2, 0) is 21.4 Å². The monoisotopic (exact) mass is 455 g/mol. The zero-order chi connectivity index (χ0) is 22.4. The van der Waals surface area contributed by atoms with Gasteiger partial charge in [0.25, 0.3) is 5.91 Å². The third kappa shape index (κ3) is 6.06. The summed E-state index contributed by atoms with van der Waals surface area (Å²) < 4.78 is 32.7. The Hall–Kier alpha value is -3.38. The first-order chi connectivity index (χ1) is 14.8. The average molecular weight is 456 g/mol. The molecule has 0 aliphatic carbocycles. The normalized spacial score (nSPS) is 11.7. The maximum absolute atomic E-state index is 12.4. The van der Waals surface area contributed by atoms with Crippen LogP contribution in [0.15, 0.2) is 75.5 Å². The summed E-state index contributed by atoms with van der Waals surface area (Å²) in [5, 5.41) is 12.4. The SMILES string of the molecule is Cc1ccc(S(=O)(=O)NCc2ccc(/C=C(/C#N)C(=O)Nc3ccc(Cl)cc3)o2)cc1. The molecule has 0 spiro atoms. The predicted molar refractivity (Wildman–Crippen MR) is 118 cm³/mol. The van der Waals surface area contributed by atoms with Crippen molar-refractivity contribution in [1.29, 1.82) is 5.26 Å². The van der Waals surface area contributed by atoms with E-state index in [-0.39, 0.29) is 22.8 Å². The van der Waals surface area contributed by atoms with Gasteiger partial charge in [-0.15, -0.1) is 0 Å². The van der Waals surface area contributed by atoms with E-state index in [2.05, 4.69) is 10.0 Å². The Morgan fingerprint density at radius 3 is 2.42 bits per heavy atom. The fourth-order valence-electron chi connectivity index (χ4n) is 2.56. The van der Waals surface area contributed by atoms with Gasteiger partial charge >= 0.3 is 0 Å². The summed E-state index contributed by atoms with van der Waals surface area (Å²) in [6, 6.07) is 17.8. The van der Waals surface area contributed by atoms with Gasteiger partial charge in [0.2, 0.25) is 10.0 Å². The van der Waals surface area contributed by atoms with Crippen molar-refractivity contribution < 1.29 is 17.6 Å². The summed E-state index contributed by atoms with van der Waals surface area (Å²) >= 11 is 5.81. The summed E-state index contributed by atoms with van der Waals surface area (Å²) in [5.74, 6) is -0.0347. The molecule has 0 aliphatic rings. The van der Waals surface area contributed by atoms with Crippen LogP contribution in [0.3, 0.4) is 0 Å². The summed E-state index contributed by atoms with van der Waals surface area (Å²) in [5.41, 5.74) is 1.27. The van der Waals surface area contributed by atoms with Crippen LogP contribution in [-0.4, -0.2) is 14.3 Å². The van der Waals surface area contributed by atoms with Gasteiger partial charge in [-0.3, -0.25) is 4.79 Å². The molecule has 1 heterocycles. The Labute approximate surface area is 185 Å². The zero-order valence-corrected chi connectivity index (χ0v) is 18.0. The Balaban J connectivity index is 1.66. The number of hydrogen-bond donors (Lipinski definition) is 2. The van der Waals surface area contributed by atoms with Gasteiger partial charge in [0.15, 0.2) is 0 Å². The van der Waals surface area contributed by atoms with E-state index < -0.39 is 15.9 Å². The lowest BCUT2D eigenvalue weighted by atomic mass is 10.2. The number of carbonyl (C=O) groups is 1. The van der Waals surface area contributed by atoms with Crippen LogP contribution < -0.4 is 10.0 Å². The van der Waals surface area contributed by atoms with Crippen molar-refractivity contribution in [2.45, 2.75) is 18.4 Å². The molecule has 0 fully saturated rings. The van der Waals surface area contributed by atoms with Crippen molar-refractivity contribution in [3.63, 3.8) is 0 Å². The van der Waals surface area contributed by atoms with Crippen LogP contribution >= 0.6 is 11.6 Å². The fraction of sp³-hybridized carbons (Fsp3) is 0.0909. The number of nitrogens with one attached hydrogen (secondary N) is 2. The van der Waals surface area contributed by atoms with Gasteiger partial charge in [-0.2, -0.15) is 5.26 Å². The molecule has 0 saturated carbocycles. The second-order valence-corrected chi connectivity index (χ2v) is 8.78. The van der Waals surface area contributed by atoms with Crippen molar-refractivity contribution in [3.05, 3.63) is 88.3 Å². The highest BCUT2D eigenvalue weighted by Crippen LogP contribution is 2.17. The number of aryl methyl sites for hydroxylation is 1. The highest BCUT2D eigenvalue weighted by Gasteiger charge is 2.15. The minimum absolute atomic E-state index is 0.0804. The molecular formula is C22H18ClN3O4S. The summed E-state index contributed by atoms with van der Waals surface area (Å²) in [6.07, 6.45) is 1.28. The van der Waals surface area contributed by atoms with E-state index >= 15 is 0 Å². The molecular weight excluding hydrogens is 438 g/mol. The lowest BCUT2D eigenvalue weighted by Crippen LogP contribution is -2.22. The first kappa shape index (κ1) is 22.3. The fourth-order valence-corrected chi connectivity index (χ4v) is 3.68. The molecule has 0 radical (unpaired) electrons. The minimum atomic E-state index is -3.70. The number of nitriles is 1. The van der Waals surface area contributed by atoms with E-state index in [1.165, 1.54) is 18.2 Å². The van der Waals surface area contributed by atoms with E-state index in [1.54, 1.807) is 48.5 Å². The number of benzene rings is 2. The number of anilines is 1. The molecule has 31 heavy (non-hydrogen) atoms. The lowest BCUT2D eigenvalue weighted by Gasteiger charge is -2.05. The molecule has 2 N–H and O–H groups in total. The number of carbonyl (C=O) groups excluding carboxylic acids is 1. The summed E-state index contributed by atoms with van der Waals surface area (Å²) in [6.45, 7) is 1.79. The Morgan fingerprint density at radius 2 is 1.77 bits per heavy atom. The number of amides is 1. The van der Waals surface area contributed by atoms with Crippen molar-refractivity contribution in [1.82, 2.24) is 4.72 Å². The second-order valence-electron chi connectivity index (χ2n) is 6.57. The Bertz CT molecular complexity index is 1260. The number of sulfonamides is 1. The third-order valence-electron chi connectivity index (χ3n) is 4.20. The maximum Gasteiger partial charge on any atom is 0.266 e. The largest absolute Gasteiger partial charge is 0.460 e. The van der Waals surface area contributed by atoms with Crippen LogP contribution in [0.25, 0.3) is 6.08 Å². The van der Waals surface area contributed by atoms with Crippen LogP contribution in [0, 0.1) is 18.3 Å². The van der Waals surface area contributed by atoms with Crippen LogP contribution in [0.4, 0.5) is 5.69 Å². The highest BCUT2D eigenvalue weighted by atomic mass is 35.5. The van der Waals surface area contributed by atoms with Gasteiger partial charge < -0.3 is 9.73 Å². The van der Waals surface area contributed by atoms with Crippen LogP contribution in [0.5, 0.6) is 0 Å². The van der Waals surface area contributed by atoms with Gasteiger partial charge in [-0.25, -0.2) is 13.1 Å². The van der Waals surface area contributed by atoms with Gasteiger partial charge in [-0.05, 0) is 55.5 Å². The summed E-state index contributed by atoms with van der Waals surface area (Å²) in [4.78, 5) is 12.5. The number of rotatable bonds is 7. The van der Waals surface area contributed by atoms with Crippen molar-refractivity contribution in [2.75, 3.05) is 5.32 Å². The van der Waals surface area contributed by atoms with Crippen LogP contribution in [0.2, 0.25) is 5.02 Å². The van der Waals surface area contributed by atoms with Crippen molar-refractivity contribution in [2.24, 2.45) is 0 Å². The first-order valence-electron chi connectivity index (χ1n) is 9.10. The quantitative estimate of drug-likeness (QED) is 0.408. The molecule has 9 heteroatoms. The Morgan fingerprint density at radius 1 is 1.10 bits per heavy atom. The van der Waals surface area contributed by atoms with Crippen LogP contribution in [0.1, 0.15) is 17.1 Å². The number of nitrogens with zero attached hydrogens (tertiary/aromatic N) is 1. The molecule has 2 aromatic carbocycles. The van der Waals surface area contributed by atoms with Gasteiger partial charge in [-0.1, -0.05) is 29.3 Å². The topological polar surface area (TPSA) is 112 Å². The molecule has 3 aromatic rings. The third-order valence-corrected chi connectivity index (χ3v) is 5.87. The standard InChI is InChI=1S/C22H18ClN3O4S/c1-15-2-10-21(11-3-15)31(28,29)25-14-20-9-8-19(30-20)12-16(13-24)22(27)26-18-6-4-17(23)5-7-18/h2-12,25H,14H2,1H3,(H,26,27)/b16-12-. The van der Waals surface area contributed by atoms with Gasteiger partial charge in [0, 0.05) is 16.8 Å². The van der Waals surface area contributed by atoms with E-state index in [4.69, 9.17) is 16.0 Å². The lowest BCUT2D eigenvalue weighted by molar-refractivity contribution is -0.112. The zero-order valence-electron chi connectivity index (χ0n) is 16.4. The minimum Gasteiger partial charge on any atom is -0.460 e. The Kier molecular flexibility index (Phi) is 6.92. The number of hydrogen-bond acceptors (Lipinski definition) is 5. The molecule has 0 saturated heterocycles. The molecule has 0 atom stereocenters. The molecule has 0 unspecified atom stereocenters. The van der Waals surface area contributed by atoms with E-state index in [1.807, 2.05) is 13.0 Å². The average Bonchev–Trinajstić information content (AvgIpc) is 3.20. The van der Waals surface area contributed by atoms with Gasteiger partial charge in [0.05, 0.1) is 11.4 Å². The maximum atomic E-state index is 12.4. The van der Waals surface area contributed by atoms with E-state index in [9.17, 15) is 18.5 Å². The predicted octanol–water partition coefficient (Wildman–Crippen LogP) is 4.27. The number of halogens is 1. The highest BCUT2D eigenvalue weighted by molar-refractivity contribution is 7.89. The van der Waals surface area contributed by atoms with E-state index in [0.29, 0.717) is 16.5 Å². The molecule has 1 aromatic heterocycles. The van der Waals surface area contributed by atoms with E-state index in [0.717, 1.165) is 5.56 Å². The molecule has 3 rings (SSSR count). The number of furan rings is 1. The molecule has 0 bridgehead atoms. The molecule has 7 nitrogen and oxygen atoms in total. The van der Waals surface area contributed by atoms with Crippen molar-refractivity contribution in [3.8, 4) is 6.07 Å². The van der Waals surface area contributed by atoms with Crippen molar-refractivity contribution >= 4 is 39.3 Å². The molecule has 158 valence electrons. The second kappa shape index (κ2) is 9.62. The first-order valence-corrected chi connectivity index (χ1v) is 11.0. The molecule has 0 aliphatic heterocycles.